The lowest BCUT2D eigenvalue weighted by molar-refractivity contribution is 0.142. The lowest BCUT2D eigenvalue weighted by atomic mass is 10.7. The van der Waals surface area contributed by atoms with Gasteiger partial charge in [-0.25, -0.2) is 5.43 Å². The van der Waals surface area contributed by atoms with Crippen LogP contribution in [0.3, 0.4) is 0 Å². The van der Waals surface area contributed by atoms with Crippen molar-refractivity contribution in [2.45, 2.75) is 13.2 Å². The molecule has 3 heteroatoms. The van der Waals surface area contributed by atoms with E-state index < -0.39 is 6.23 Å². The third-order valence-electron chi connectivity index (χ3n) is 0.353. The summed E-state index contributed by atoms with van der Waals surface area (Å²) >= 11 is 0. The Balaban J connectivity index is 2.63. The van der Waals surface area contributed by atoms with Gasteiger partial charge in [-0.05, 0) is 14.0 Å². The van der Waals surface area contributed by atoms with E-state index in [1.54, 1.807) is 14.0 Å². The monoisotopic (exact) mass is 90.1 g/mol. The quantitative estimate of drug-likeness (QED) is 0.302. The van der Waals surface area contributed by atoms with E-state index in [1.165, 1.54) is 0 Å². The second-order valence-electron chi connectivity index (χ2n) is 1.07. The molecular formula is C3H10N2O. The third kappa shape index (κ3) is 3.88. The second-order valence-corrected chi connectivity index (χ2v) is 1.07. The minimum absolute atomic E-state index is 0.463. The van der Waals surface area contributed by atoms with Crippen molar-refractivity contribution in [2.24, 2.45) is 0 Å². The highest BCUT2D eigenvalue weighted by Crippen LogP contribution is 1.60. The van der Waals surface area contributed by atoms with Gasteiger partial charge in [0.1, 0.15) is 6.23 Å². The largest absolute Gasteiger partial charge is 0.378 e. The van der Waals surface area contributed by atoms with Gasteiger partial charge in [-0.15, -0.1) is 0 Å². The highest BCUT2D eigenvalue weighted by atomic mass is 16.3. The van der Waals surface area contributed by atoms with Crippen molar-refractivity contribution < 1.29 is 5.11 Å². The molecule has 0 rings (SSSR count). The standard InChI is InChI=1S/C3H10N2O/c1-3(6)5-4-2/h3-6H,1-2H3. The summed E-state index contributed by atoms with van der Waals surface area (Å²) in [6.07, 6.45) is -0.463. The molecule has 0 aliphatic heterocycles. The summed E-state index contributed by atoms with van der Waals surface area (Å²) in [6.45, 7) is 1.64. The molecule has 0 radical (unpaired) electrons. The van der Waals surface area contributed by atoms with Gasteiger partial charge in [0.15, 0.2) is 0 Å². The van der Waals surface area contributed by atoms with Crippen molar-refractivity contribution in [2.75, 3.05) is 7.05 Å². The van der Waals surface area contributed by atoms with Gasteiger partial charge in [0.25, 0.3) is 0 Å². The Bertz CT molecular complexity index is 30.0. The number of rotatable bonds is 2. The minimum Gasteiger partial charge on any atom is -0.378 e. The van der Waals surface area contributed by atoms with E-state index in [4.69, 9.17) is 5.11 Å². The molecule has 0 amide bonds. The van der Waals surface area contributed by atoms with Crippen LogP contribution in [-0.2, 0) is 0 Å². The van der Waals surface area contributed by atoms with Crippen LogP contribution in [0, 0.1) is 0 Å². The minimum atomic E-state index is -0.463. The molecule has 1 unspecified atom stereocenters. The third-order valence-corrected chi connectivity index (χ3v) is 0.353. The molecule has 0 saturated carbocycles. The topological polar surface area (TPSA) is 44.3 Å². The van der Waals surface area contributed by atoms with Crippen LogP contribution in [0.1, 0.15) is 6.92 Å². The van der Waals surface area contributed by atoms with Crippen molar-refractivity contribution in [3.63, 3.8) is 0 Å². The fourth-order valence-electron chi connectivity index (χ4n) is 0.209. The van der Waals surface area contributed by atoms with E-state index in [0.717, 1.165) is 0 Å². The van der Waals surface area contributed by atoms with Crippen LogP contribution in [0.5, 0.6) is 0 Å². The molecule has 0 aromatic heterocycles. The normalized spacial score (nSPS) is 14.5. The fourth-order valence-corrected chi connectivity index (χ4v) is 0.209. The molecule has 6 heavy (non-hydrogen) atoms. The predicted octanol–water partition coefficient (Wildman–Crippen LogP) is -0.951. The number of hydrazine groups is 1. The van der Waals surface area contributed by atoms with E-state index in [2.05, 4.69) is 10.9 Å². The molecule has 0 bridgehead atoms. The van der Waals surface area contributed by atoms with Gasteiger partial charge in [-0.2, -0.15) is 0 Å². The molecule has 0 aromatic rings. The van der Waals surface area contributed by atoms with Gasteiger partial charge in [0, 0.05) is 0 Å². The van der Waals surface area contributed by atoms with Crippen LogP contribution >= 0.6 is 0 Å². The maximum absolute atomic E-state index is 8.38. The average Bonchev–Trinajstić information content (AvgIpc) is 1.35. The SMILES string of the molecule is CNNC(C)O. The zero-order valence-corrected chi connectivity index (χ0v) is 4.02. The molecule has 0 aliphatic carbocycles. The van der Waals surface area contributed by atoms with Crippen molar-refractivity contribution >= 4 is 0 Å². The highest BCUT2D eigenvalue weighted by Gasteiger charge is 1.83. The van der Waals surface area contributed by atoms with Crippen LogP contribution in [0.4, 0.5) is 0 Å². The molecule has 3 nitrogen and oxygen atoms in total. The number of hydrogen-bond donors (Lipinski definition) is 3. The van der Waals surface area contributed by atoms with Crippen LogP contribution in [0.15, 0.2) is 0 Å². The van der Waals surface area contributed by atoms with Crippen molar-refractivity contribution in [1.29, 1.82) is 0 Å². The zero-order valence-electron chi connectivity index (χ0n) is 4.02. The van der Waals surface area contributed by atoms with Gasteiger partial charge < -0.3 is 5.11 Å². The van der Waals surface area contributed by atoms with Crippen LogP contribution in [-0.4, -0.2) is 18.4 Å². The van der Waals surface area contributed by atoms with E-state index >= 15 is 0 Å². The van der Waals surface area contributed by atoms with Gasteiger partial charge in [-0.3, -0.25) is 5.43 Å². The van der Waals surface area contributed by atoms with Crippen molar-refractivity contribution in [1.82, 2.24) is 10.9 Å². The summed E-state index contributed by atoms with van der Waals surface area (Å²) in [4.78, 5) is 0. The van der Waals surface area contributed by atoms with Crippen molar-refractivity contribution in [3.05, 3.63) is 0 Å². The number of nitrogens with one attached hydrogen (secondary N) is 2. The molecule has 0 aromatic carbocycles. The first-order chi connectivity index (χ1) is 2.77. The average molecular weight is 90.1 g/mol. The number of aliphatic hydroxyl groups is 1. The first kappa shape index (κ1) is 5.88. The van der Waals surface area contributed by atoms with E-state index in [0.29, 0.717) is 0 Å². The van der Waals surface area contributed by atoms with Crippen LogP contribution in [0.2, 0.25) is 0 Å². The number of aliphatic hydroxyl groups excluding tert-OH is 1. The Morgan fingerprint density at radius 2 is 2.17 bits per heavy atom. The Labute approximate surface area is 37.3 Å². The van der Waals surface area contributed by atoms with Crippen LogP contribution < -0.4 is 10.9 Å². The molecule has 0 spiro atoms. The molecule has 0 saturated heterocycles. The Morgan fingerprint density at radius 3 is 2.17 bits per heavy atom. The lowest BCUT2D eigenvalue weighted by Gasteiger charge is -2.01. The summed E-state index contributed by atoms with van der Waals surface area (Å²) in [6, 6.07) is 0. The lowest BCUT2D eigenvalue weighted by Crippen LogP contribution is -2.35. The Hall–Kier alpha value is -0.120. The Kier molecular flexibility index (Phi) is 3.02. The molecule has 0 heterocycles. The zero-order chi connectivity index (χ0) is 4.99. The fraction of sp³-hybridized carbons (Fsp3) is 1.00. The van der Waals surface area contributed by atoms with Gasteiger partial charge in [0.05, 0.1) is 0 Å². The van der Waals surface area contributed by atoms with Gasteiger partial charge in [0.2, 0.25) is 0 Å². The first-order valence-electron chi connectivity index (χ1n) is 1.87. The molecule has 38 valence electrons. The molecule has 0 fully saturated rings. The molecular weight excluding hydrogens is 80.0 g/mol. The summed E-state index contributed by atoms with van der Waals surface area (Å²) < 4.78 is 0. The van der Waals surface area contributed by atoms with E-state index in [9.17, 15) is 0 Å². The molecule has 0 aliphatic rings. The van der Waals surface area contributed by atoms with Crippen LogP contribution in [0.25, 0.3) is 0 Å². The maximum Gasteiger partial charge on any atom is 0.114 e. The summed E-state index contributed by atoms with van der Waals surface area (Å²) in [5, 5.41) is 8.38. The predicted molar refractivity (Wildman–Crippen MR) is 23.9 cm³/mol. The summed E-state index contributed by atoms with van der Waals surface area (Å²) in [5.41, 5.74) is 5.08. The van der Waals surface area contributed by atoms with Gasteiger partial charge in [-0.1, -0.05) is 0 Å². The molecule has 3 N–H and O–H groups in total. The summed E-state index contributed by atoms with van der Waals surface area (Å²) in [5.74, 6) is 0. The molecule has 1 atom stereocenters. The highest BCUT2D eigenvalue weighted by molar-refractivity contribution is 4.29. The smallest absolute Gasteiger partial charge is 0.114 e. The second kappa shape index (κ2) is 3.08. The van der Waals surface area contributed by atoms with E-state index in [-0.39, 0.29) is 0 Å². The van der Waals surface area contributed by atoms with Gasteiger partial charge >= 0.3 is 0 Å². The van der Waals surface area contributed by atoms with E-state index in [1.807, 2.05) is 0 Å². The number of hydrogen-bond acceptors (Lipinski definition) is 3. The van der Waals surface area contributed by atoms with Crippen molar-refractivity contribution in [3.8, 4) is 0 Å². The first-order valence-corrected chi connectivity index (χ1v) is 1.87. The maximum atomic E-state index is 8.38. The Morgan fingerprint density at radius 1 is 1.67 bits per heavy atom. The summed E-state index contributed by atoms with van der Waals surface area (Å²) in [7, 11) is 1.70.